The van der Waals surface area contributed by atoms with Crippen LogP contribution in [-0.4, -0.2) is 35.4 Å². The Balaban J connectivity index is 1.35. The molecular formula is C18H23N3OS. The number of carbonyl (C=O) groups is 1. The van der Waals surface area contributed by atoms with E-state index in [9.17, 15) is 4.79 Å². The van der Waals surface area contributed by atoms with Crippen LogP contribution in [0.1, 0.15) is 23.3 Å². The van der Waals surface area contributed by atoms with Gasteiger partial charge in [-0.3, -0.25) is 14.7 Å². The number of nitrogens with one attached hydrogen (secondary N) is 1. The number of carbonyl (C=O) groups excluding carboxylic acids is 1. The van der Waals surface area contributed by atoms with Gasteiger partial charge in [-0.25, -0.2) is 0 Å². The zero-order valence-electron chi connectivity index (χ0n) is 13.3. The number of piperidine rings is 1. The predicted octanol–water partition coefficient (Wildman–Crippen LogP) is 2.71. The number of hydrogen-bond acceptors (Lipinski definition) is 4. The minimum atomic E-state index is 0.144. The molecule has 3 heterocycles. The van der Waals surface area contributed by atoms with Crippen molar-refractivity contribution < 1.29 is 4.79 Å². The van der Waals surface area contributed by atoms with E-state index >= 15 is 0 Å². The maximum Gasteiger partial charge on any atom is 0.225 e. The van der Waals surface area contributed by atoms with Crippen LogP contribution < -0.4 is 5.32 Å². The molecule has 0 atom stereocenters. The summed E-state index contributed by atoms with van der Waals surface area (Å²) in [7, 11) is 0. The van der Waals surface area contributed by atoms with E-state index in [0.29, 0.717) is 12.3 Å². The second-order valence-electron chi connectivity index (χ2n) is 6.14. The second-order valence-corrected chi connectivity index (χ2v) is 7.17. The van der Waals surface area contributed by atoms with Gasteiger partial charge in [0.1, 0.15) is 0 Å². The molecule has 4 nitrogen and oxygen atoms in total. The fourth-order valence-electron chi connectivity index (χ4n) is 2.99. The van der Waals surface area contributed by atoms with Crippen LogP contribution in [0.15, 0.2) is 42.0 Å². The normalized spacial score (nSPS) is 16.3. The van der Waals surface area contributed by atoms with E-state index in [1.54, 1.807) is 11.3 Å². The van der Waals surface area contributed by atoms with E-state index in [1.165, 1.54) is 5.56 Å². The summed E-state index contributed by atoms with van der Waals surface area (Å²) in [4.78, 5) is 19.7. The van der Waals surface area contributed by atoms with Crippen molar-refractivity contribution in [3.05, 3.63) is 52.5 Å². The first-order valence-electron chi connectivity index (χ1n) is 8.20. The van der Waals surface area contributed by atoms with E-state index in [1.807, 2.05) is 36.0 Å². The molecule has 0 aliphatic carbocycles. The number of aromatic nitrogens is 1. The van der Waals surface area contributed by atoms with Gasteiger partial charge in [-0.15, -0.1) is 11.3 Å². The van der Waals surface area contributed by atoms with Crippen molar-refractivity contribution >= 4 is 17.2 Å². The topological polar surface area (TPSA) is 45.2 Å². The zero-order chi connectivity index (χ0) is 15.9. The highest BCUT2D eigenvalue weighted by Crippen LogP contribution is 2.18. The number of amides is 1. The number of pyridine rings is 1. The SMILES string of the molecule is O=C(Cc1cccs1)NCC1CCN(Cc2cccnc2)CC1. The van der Waals surface area contributed by atoms with Gasteiger partial charge >= 0.3 is 0 Å². The van der Waals surface area contributed by atoms with E-state index in [0.717, 1.165) is 43.9 Å². The summed E-state index contributed by atoms with van der Waals surface area (Å²) >= 11 is 1.64. The van der Waals surface area contributed by atoms with Gasteiger partial charge < -0.3 is 5.32 Å². The molecule has 122 valence electrons. The molecule has 0 bridgehead atoms. The standard InChI is InChI=1S/C18H23N3OS/c22-18(11-17-4-2-10-23-17)20-13-15-5-8-21(9-6-15)14-16-3-1-7-19-12-16/h1-4,7,10,12,15H,5-6,8-9,11,13-14H2,(H,20,22). The Hall–Kier alpha value is -1.72. The maximum atomic E-state index is 11.9. The van der Waals surface area contributed by atoms with Crippen LogP contribution in [0.3, 0.4) is 0 Å². The summed E-state index contributed by atoms with van der Waals surface area (Å²) < 4.78 is 0. The van der Waals surface area contributed by atoms with Crippen molar-refractivity contribution in [2.24, 2.45) is 5.92 Å². The molecule has 23 heavy (non-hydrogen) atoms. The highest BCUT2D eigenvalue weighted by Gasteiger charge is 2.19. The molecule has 3 rings (SSSR count). The lowest BCUT2D eigenvalue weighted by Crippen LogP contribution is -2.38. The Kier molecular flexibility index (Phi) is 5.77. The molecule has 0 spiro atoms. The van der Waals surface area contributed by atoms with Crippen LogP contribution in [0.25, 0.3) is 0 Å². The van der Waals surface area contributed by atoms with Crippen LogP contribution in [0.4, 0.5) is 0 Å². The monoisotopic (exact) mass is 329 g/mol. The third kappa shape index (κ3) is 5.15. The Morgan fingerprint density at radius 2 is 2.17 bits per heavy atom. The summed E-state index contributed by atoms with van der Waals surface area (Å²) in [6, 6.07) is 8.13. The lowest BCUT2D eigenvalue weighted by molar-refractivity contribution is -0.120. The molecule has 0 radical (unpaired) electrons. The molecule has 1 aliphatic rings. The summed E-state index contributed by atoms with van der Waals surface area (Å²) in [6.45, 7) is 3.98. The Bertz CT molecular complexity index is 592. The number of rotatable bonds is 6. The largest absolute Gasteiger partial charge is 0.356 e. The van der Waals surface area contributed by atoms with Crippen molar-refractivity contribution in [2.75, 3.05) is 19.6 Å². The minimum Gasteiger partial charge on any atom is -0.356 e. The lowest BCUT2D eigenvalue weighted by Gasteiger charge is -2.32. The Labute approximate surface area is 141 Å². The minimum absolute atomic E-state index is 0.144. The molecule has 1 fully saturated rings. The molecule has 1 aliphatic heterocycles. The average molecular weight is 329 g/mol. The Morgan fingerprint density at radius 1 is 1.30 bits per heavy atom. The van der Waals surface area contributed by atoms with Gasteiger partial charge in [0.25, 0.3) is 0 Å². The molecule has 0 aromatic carbocycles. The van der Waals surface area contributed by atoms with Crippen LogP contribution in [0.5, 0.6) is 0 Å². The van der Waals surface area contributed by atoms with Gasteiger partial charge in [-0.1, -0.05) is 12.1 Å². The highest BCUT2D eigenvalue weighted by molar-refractivity contribution is 7.10. The summed E-state index contributed by atoms with van der Waals surface area (Å²) in [5.74, 6) is 0.748. The lowest BCUT2D eigenvalue weighted by atomic mass is 9.96. The molecule has 1 saturated heterocycles. The maximum absolute atomic E-state index is 11.9. The third-order valence-electron chi connectivity index (χ3n) is 4.34. The van der Waals surface area contributed by atoms with E-state index < -0.39 is 0 Å². The van der Waals surface area contributed by atoms with E-state index in [4.69, 9.17) is 0 Å². The van der Waals surface area contributed by atoms with Crippen molar-refractivity contribution in [3.63, 3.8) is 0 Å². The van der Waals surface area contributed by atoms with Gasteiger partial charge in [-0.05, 0) is 54.9 Å². The summed E-state index contributed by atoms with van der Waals surface area (Å²) in [5, 5.41) is 5.11. The summed E-state index contributed by atoms with van der Waals surface area (Å²) in [5.41, 5.74) is 1.27. The number of hydrogen-bond donors (Lipinski definition) is 1. The van der Waals surface area contributed by atoms with Crippen LogP contribution in [-0.2, 0) is 17.8 Å². The van der Waals surface area contributed by atoms with E-state index in [-0.39, 0.29) is 5.91 Å². The third-order valence-corrected chi connectivity index (χ3v) is 5.22. The summed E-state index contributed by atoms with van der Waals surface area (Å²) in [6.07, 6.45) is 6.57. The van der Waals surface area contributed by atoms with Crippen molar-refractivity contribution in [2.45, 2.75) is 25.8 Å². The van der Waals surface area contributed by atoms with Crippen LogP contribution in [0, 0.1) is 5.92 Å². The average Bonchev–Trinajstić information content (AvgIpc) is 3.08. The number of nitrogens with zero attached hydrogens (tertiary/aromatic N) is 2. The highest BCUT2D eigenvalue weighted by atomic mass is 32.1. The molecule has 2 aromatic heterocycles. The fraction of sp³-hybridized carbons (Fsp3) is 0.444. The zero-order valence-corrected chi connectivity index (χ0v) is 14.1. The van der Waals surface area contributed by atoms with Gasteiger partial charge in [0.15, 0.2) is 0 Å². The number of likely N-dealkylation sites (tertiary alicyclic amines) is 1. The molecule has 1 amide bonds. The second kappa shape index (κ2) is 8.22. The number of thiophene rings is 1. The molecule has 5 heteroatoms. The Morgan fingerprint density at radius 3 is 2.87 bits per heavy atom. The fourth-order valence-corrected chi connectivity index (χ4v) is 3.69. The molecule has 0 saturated carbocycles. The quantitative estimate of drug-likeness (QED) is 0.886. The van der Waals surface area contributed by atoms with Crippen molar-refractivity contribution in [1.29, 1.82) is 0 Å². The molecule has 0 unspecified atom stereocenters. The first-order valence-corrected chi connectivity index (χ1v) is 9.08. The van der Waals surface area contributed by atoms with Gasteiger partial charge in [0.2, 0.25) is 5.91 Å². The first-order chi connectivity index (χ1) is 11.3. The predicted molar refractivity (Wildman–Crippen MR) is 93.3 cm³/mol. The smallest absolute Gasteiger partial charge is 0.225 e. The van der Waals surface area contributed by atoms with Gasteiger partial charge in [-0.2, -0.15) is 0 Å². The van der Waals surface area contributed by atoms with Gasteiger partial charge in [0.05, 0.1) is 6.42 Å². The first kappa shape index (κ1) is 16.1. The molecular weight excluding hydrogens is 306 g/mol. The van der Waals surface area contributed by atoms with E-state index in [2.05, 4.69) is 21.3 Å². The van der Waals surface area contributed by atoms with Gasteiger partial charge in [0, 0.05) is 30.4 Å². The van der Waals surface area contributed by atoms with Crippen molar-refractivity contribution in [3.8, 4) is 0 Å². The molecule has 1 N–H and O–H groups in total. The van der Waals surface area contributed by atoms with Crippen LogP contribution >= 0.6 is 11.3 Å². The van der Waals surface area contributed by atoms with Crippen molar-refractivity contribution in [1.82, 2.24) is 15.2 Å². The van der Waals surface area contributed by atoms with Crippen LogP contribution in [0.2, 0.25) is 0 Å². The molecule has 2 aromatic rings.